The molecule has 0 fully saturated rings. The fourth-order valence-electron chi connectivity index (χ4n) is 1.92. The highest BCUT2D eigenvalue weighted by molar-refractivity contribution is 5.96. The maximum absolute atomic E-state index is 13.2. The summed E-state index contributed by atoms with van der Waals surface area (Å²) in [6, 6.07) is 10.5. The van der Waals surface area contributed by atoms with Crippen LogP contribution < -0.4 is 4.74 Å². The molecule has 0 amide bonds. The largest absolute Gasteiger partial charge is 0.488 e. The third kappa shape index (κ3) is 3.69. The molecule has 0 aliphatic carbocycles. The normalized spacial score (nSPS) is 10.1. The summed E-state index contributed by atoms with van der Waals surface area (Å²) >= 11 is 0. The Hall–Kier alpha value is -2.69. The van der Waals surface area contributed by atoms with Crippen molar-refractivity contribution in [2.75, 3.05) is 7.11 Å². The van der Waals surface area contributed by atoms with Gasteiger partial charge in [0.2, 0.25) is 0 Å². The second kappa shape index (κ2) is 6.85. The van der Waals surface area contributed by atoms with Gasteiger partial charge in [0.1, 0.15) is 18.2 Å². The molecule has 0 unspecified atom stereocenters. The fraction of sp³-hybridized carbons (Fsp3) is 0.176. The van der Waals surface area contributed by atoms with Crippen molar-refractivity contribution in [2.24, 2.45) is 0 Å². The number of esters is 1. The summed E-state index contributed by atoms with van der Waals surface area (Å²) in [5, 5.41) is 0. The summed E-state index contributed by atoms with van der Waals surface area (Å²) in [7, 11) is 1.32. The van der Waals surface area contributed by atoms with E-state index in [1.54, 1.807) is 24.3 Å². The van der Waals surface area contributed by atoms with Crippen LogP contribution >= 0.6 is 0 Å². The molecule has 0 heterocycles. The third-order valence-corrected chi connectivity index (χ3v) is 3.09. The Kier molecular flexibility index (Phi) is 4.88. The van der Waals surface area contributed by atoms with Crippen LogP contribution in [0.5, 0.6) is 5.75 Å². The first-order valence-corrected chi connectivity index (χ1v) is 6.62. The van der Waals surface area contributed by atoms with E-state index in [0.29, 0.717) is 11.3 Å². The molecule has 0 aliphatic rings. The van der Waals surface area contributed by atoms with Gasteiger partial charge in [-0.3, -0.25) is 4.79 Å². The quantitative estimate of drug-likeness (QED) is 0.627. The molecule has 0 N–H and O–H groups in total. The monoisotopic (exact) mass is 302 g/mol. The van der Waals surface area contributed by atoms with Crippen LogP contribution in [0.2, 0.25) is 0 Å². The number of carbonyl (C=O) groups excluding carboxylic acids is 2. The molecule has 2 aromatic carbocycles. The minimum Gasteiger partial charge on any atom is -0.488 e. The number of halogens is 1. The number of rotatable bonds is 5. The highest BCUT2D eigenvalue weighted by atomic mass is 19.1. The molecule has 0 aromatic heterocycles. The van der Waals surface area contributed by atoms with Crippen LogP contribution in [0.25, 0.3) is 0 Å². The Labute approximate surface area is 127 Å². The van der Waals surface area contributed by atoms with Crippen molar-refractivity contribution < 1.29 is 23.5 Å². The summed E-state index contributed by atoms with van der Waals surface area (Å²) in [5.74, 6) is -0.841. The van der Waals surface area contributed by atoms with Gasteiger partial charge in [0.15, 0.2) is 5.78 Å². The number of Topliss-reactive ketones (excluding diaryl/α,β-unsaturated/α-hetero) is 1. The molecule has 5 heteroatoms. The Morgan fingerprint density at radius 3 is 2.36 bits per heavy atom. The summed E-state index contributed by atoms with van der Waals surface area (Å²) in [5.41, 5.74) is 1.45. The molecule has 0 radical (unpaired) electrons. The first-order valence-electron chi connectivity index (χ1n) is 6.62. The minimum atomic E-state index is -0.486. The standard InChI is InChI=1S/C17H15FO4/c1-11(19)15-9-14(18)7-8-16(15)22-10-12-3-5-13(6-4-12)17(20)21-2/h3-9H,10H2,1-2H3. The highest BCUT2D eigenvalue weighted by Gasteiger charge is 2.10. The first-order chi connectivity index (χ1) is 10.5. The zero-order chi connectivity index (χ0) is 16.1. The van der Waals surface area contributed by atoms with E-state index < -0.39 is 11.8 Å². The van der Waals surface area contributed by atoms with Crippen molar-refractivity contribution >= 4 is 11.8 Å². The number of methoxy groups -OCH3 is 1. The third-order valence-electron chi connectivity index (χ3n) is 3.09. The predicted octanol–water partition coefficient (Wildman–Crippen LogP) is 3.39. The minimum absolute atomic E-state index is 0.200. The number of ketones is 1. The van der Waals surface area contributed by atoms with Gasteiger partial charge in [-0.1, -0.05) is 12.1 Å². The fourth-order valence-corrected chi connectivity index (χ4v) is 1.92. The Morgan fingerprint density at radius 1 is 1.09 bits per heavy atom. The van der Waals surface area contributed by atoms with Gasteiger partial charge < -0.3 is 9.47 Å². The summed E-state index contributed by atoms with van der Waals surface area (Å²) < 4.78 is 23.4. The van der Waals surface area contributed by atoms with Gasteiger partial charge in [-0.25, -0.2) is 9.18 Å². The average molecular weight is 302 g/mol. The van der Waals surface area contributed by atoms with E-state index in [9.17, 15) is 14.0 Å². The van der Waals surface area contributed by atoms with E-state index in [2.05, 4.69) is 4.74 Å². The van der Waals surface area contributed by atoms with E-state index in [0.717, 1.165) is 11.6 Å². The molecule has 0 aliphatic heterocycles. The van der Waals surface area contributed by atoms with E-state index in [1.807, 2.05) is 0 Å². The van der Waals surface area contributed by atoms with E-state index in [-0.39, 0.29) is 18.0 Å². The van der Waals surface area contributed by atoms with Crippen molar-refractivity contribution in [3.8, 4) is 5.75 Å². The lowest BCUT2D eigenvalue weighted by atomic mass is 10.1. The Bertz CT molecular complexity index is 692. The van der Waals surface area contributed by atoms with E-state index >= 15 is 0 Å². The molecule has 0 saturated carbocycles. The van der Waals surface area contributed by atoms with E-state index in [4.69, 9.17) is 4.74 Å². The summed E-state index contributed by atoms with van der Waals surface area (Å²) in [4.78, 5) is 22.8. The molecule has 0 bridgehead atoms. The number of carbonyl (C=O) groups is 2. The Balaban J connectivity index is 2.10. The zero-order valence-electron chi connectivity index (χ0n) is 12.3. The lowest BCUT2D eigenvalue weighted by molar-refractivity contribution is 0.0600. The summed E-state index contributed by atoms with van der Waals surface area (Å²) in [6.07, 6.45) is 0. The lowest BCUT2D eigenvalue weighted by Gasteiger charge is -2.10. The molecular formula is C17H15FO4. The van der Waals surface area contributed by atoms with Crippen molar-refractivity contribution in [3.63, 3.8) is 0 Å². The van der Waals surface area contributed by atoms with Crippen molar-refractivity contribution in [1.82, 2.24) is 0 Å². The Morgan fingerprint density at radius 2 is 1.77 bits per heavy atom. The van der Waals surface area contributed by atoms with Crippen LogP contribution in [0.1, 0.15) is 33.2 Å². The maximum Gasteiger partial charge on any atom is 0.337 e. The number of hydrogen-bond acceptors (Lipinski definition) is 4. The average Bonchev–Trinajstić information content (AvgIpc) is 2.53. The molecule has 22 heavy (non-hydrogen) atoms. The van der Waals surface area contributed by atoms with Gasteiger partial charge in [-0.2, -0.15) is 0 Å². The molecule has 0 atom stereocenters. The zero-order valence-corrected chi connectivity index (χ0v) is 12.3. The first kappa shape index (κ1) is 15.7. The topological polar surface area (TPSA) is 52.6 Å². The SMILES string of the molecule is COC(=O)c1ccc(COc2ccc(F)cc2C(C)=O)cc1. The van der Waals surface area contributed by atoms with Gasteiger partial charge in [0.05, 0.1) is 18.2 Å². The number of benzene rings is 2. The maximum atomic E-state index is 13.2. The number of ether oxygens (including phenoxy) is 2. The van der Waals surface area contributed by atoms with Crippen LogP contribution in [0.15, 0.2) is 42.5 Å². The van der Waals surface area contributed by atoms with Gasteiger partial charge >= 0.3 is 5.97 Å². The summed E-state index contributed by atoms with van der Waals surface area (Å²) in [6.45, 7) is 1.56. The molecule has 2 aromatic rings. The van der Waals surface area contributed by atoms with E-state index in [1.165, 1.54) is 26.2 Å². The second-order valence-corrected chi connectivity index (χ2v) is 4.67. The second-order valence-electron chi connectivity index (χ2n) is 4.67. The van der Waals surface area contributed by atoms with Crippen LogP contribution in [0, 0.1) is 5.82 Å². The highest BCUT2D eigenvalue weighted by Crippen LogP contribution is 2.21. The van der Waals surface area contributed by atoms with Gasteiger partial charge in [-0.05, 0) is 42.8 Å². The number of hydrogen-bond donors (Lipinski definition) is 0. The molecule has 0 spiro atoms. The van der Waals surface area contributed by atoms with Crippen LogP contribution in [-0.4, -0.2) is 18.9 Å². The molecule has 4 nitrogen and oxygen atoms in total. The van der Waals surface area contributed by atoms with Crippen LogP contribution in [0.4, 0.5) is 4.39 Å². The smallest absolute Gasteiger partial charge is 0.337 e. The molecular weight excluding hydrogens is 287 g/mol. The van der Waals surface area contributed by atoms with Gasteiger partial charge in [-0.15, -0.1) is 0 Å². The van der Waals surface area contributed by atoms with Crippen molar-refractivity contribution in [2.45, 2.75) is 13.5 Å². The van der Waals surface area contributed by atoms with Crippen LogP contribution in [-0.2, 0) is 11.3 Å². The van der Waals surface area contributed by atoms with Crippen LogP contribution in [0.3, 0.4) is 0 Å². The van der Waals surface area contributed by atoms with Crippen molar-refractivity contribution in [3.05, 3.63) is 65.0 Å². The molecule has 2 rings (SSSR count). The van der Waals surface area contributed by atoms with Crippen molar-refractivity contribution in [1.29, 1.82) is 0 Å². The molecule has 114 valence electrons. The van der Waals surface area contributed by atoms with Gasteiger partial charge in [0.25, 0.3) is 0 Å². The predicted molar refractivity (Wildman–Crippen MR) is 78.5 cm³/mol. The van der Waals surface area contributed by atoms with Gasteiger partial charge in [0, 0.05) is 0 Å². The molecule has 0 saturated heterocycles. The lowest BCUT2D eigenvalue weighted by Crippen LogP contribution is -2.04.